The molecule has 1 aromatic carbocycles. The first kappa shape index (κ1) is 30.1. The fraction of sp³-hybridized carbons (Fsp3) is 0.556. The van der Waals surface area contributed by atoms with Crippen molar-refractivity contribution >= 4 is 29.2 Å². The zero-order chi connectivity index (χ0) is 28.7. The number of carbonyl (C=O) groups is 3. The van der Waals surface area contributed by atoms with E-state index in [1.807, 2.05) is 0 Å². The van der Waals surface area contributed by atoms with Crippen LogP contribution in [0, 0.1) is 11.8 Å². The minimum absolute atomic E-state index is 0.0466. The van der Waals surface area contributed by atoms with Crippen molar-refractivity contribution in [2.45, 2.75) is 51.6 Å². The van der Waals surface area contributed by atoms with Gasteiger partial charge in [0.2, 0.25) is 0 Å². The first-order valence-electron chi connectivity index (χ1n) is 12.6. The normalized spacial score (nSPS) is 17.4. The maximum atomic E-state index is 13.1. The van der Waals surface area contributed by atoms with Gasteiger partial charge < -0.3 is 28.4 Å². The van der Waals surface area contributed by atoms with Gasteiger partial charge in [-0.05, 0) is 37.5 Å². The van der Waals surface area contributed by atoms with Gasteiger partial charge in [0.05, 0.1) is 47.5 Å². The zero-order valence-corrected chi connectivity index (χ0v) is 24.2. The average molecular weight is 565 g/mol. The third-order valence-electron chi connectivity index (χ3n) is 6.81. The Hall–Kier alpha value is -3.41. The maximum absolute atomic E-state index is 13.1. The van der Waals surface area contributed by atoms with E-state index >= 15 is 0 Å². The molecule has 2 aromatic rings. The number of methoxy groups -OCH3 is 5. The lowest BCUT2D eigenvalue weighted by Gasteiger charge is -2.33. The Morgan fingerprint density at radius 2 is 1.54 bits per heavy atom. The van der Waals surface area contributed by atoms with E-state index in [9.17, 15) is 14.4 Å². The molecule has 39 heavy (non-hydrogen) atoms. The monoisotopic (exact) mass is 564 g/mol. The van der Waals surface area contributed by atoms with Crippen LogP contribution in [0.3, 0.4) is 0 Å². The van der Waals surface area contributed by atoms with Crippen molar-refractivity contribution in [3.05, 3.63) is 35.4 Å². The van der Waals surface area contributed by atoms with E-state index in [1.54, 1.807) is 16.4 Å². The fourth-order valence-electron chi connectivity index (χ4n) is 5.35. The smallest absolute Gasteiger partial charge is 0.388 e. The summed E-state index contributed by atoms with van der Waals surface area (Å²) in [4.78, 5) is 42.9. The molecule has 0 N–H and O–H groups in total. The predicted octanol–water partition coefficient (Wildman–Crippen LogP) is 5.11. The van der Waals surface area contributed by atoms with E-state index in [2.05, 4.69) is 18.8 Å². The van der Waals surface area contributed by atoms with E-state index in [1.165, 1.54) is 41.9 Å². The number of ether oxygens (including phenoxy) is 6. The number of aromatic nitrogens is 2. The fourth-order valence-corrected chi connectivity index (χ4v) is 5.91. The molecule has 0 saturated heterocycles. The SMILES string of the molecule is COC(=O)c1c(OC)c(C(=O)OC)c(OC)c([C@H](CC(C)C)[C@@H]2CCCC2OC(=O)Sn2ccnc2)c1OC. The van der Waals surface area contributed by atoms with Crippen molar-refractivity contribution in [1.29, 1.82) is 0 Å². The number of carbonyl (C=O) groups excluding carboxylic acids is 3. The molecule has 0 bridgehead atoms. The highest BCUT2D eigenvalue weighted by molar-refractivity contribution is 8.11. The predicted molar refractivity (Wildman–Crippen MR) is 144 cm³/mol. The second-order valence-electron chi connectivity index (χ2n) is 9.50. The van der Waals surface area contributed by atoms with Gasteiger partial charge in [0.1, 0.15) is 35.1 Å². The first-order valence-corrected chi connectivity index (χ1v) is 13.4. The Labute approximate surface area is 232 Å². The highest BCUT2D eigenvalue weighted by Crippen LogP contribution is 2.53. The number of hydrogen-bond donors (Lipinski definition) is 0. The second kappa shape index (κ2) is 13.6. The van der Waals surface area contributed by atoms with Crippen LogP contribution in [0.25, 0.3) is 0 Å². The van der Waals surface area contributed by atoms with Crippen molar-refractivity contribution in [2.24, 2.45) is 11.8 Å². The molecule has 1 aliphatic rings. The Kier molecular flexibility index (Phi) is 10.5. The van der Waals surface area contributed by atoms with Gasteiger partial charge in [-0.15, -0.1) is 0 Å². The summed E-state index contributed by atoms with van der Waals surface area (Å²) in [7, 11) is 6.67. The Morgan fingerprint density at radius 3 is 2.00 bits per heavy atom. The molecular formula is C27H36N2O9S. The van der Waals surface area contributed by atoms with Gasteiger partial charge in [-0.2, -0.15) is 0 Å². The van der Waals surface area contributed by atoms with Crippen LogP contribution in [-0.2, 0) is 14.2 Å². The quantitative estimate of drug-likeness (QED) is 0.267. The number of benzene rings is 1. The Bertz CT molecular complexity index is 1120. The van der Waals surface area contributed by atoms with E-state index in [4.69, 9.17) is 28.4 Å². The van der Waals surface area contributed by atoms with E-state index < -0.39 is 23.3 Å². The summed E-state index contributed by atoms with van der Waals surface area (Å²) in [6, 6.07) is 0. The third kappa shape index (κ3) is 6.43. The highest BCUT2D eigenvalue weighted by Gasteiger charge is 2.43. The molecule has 1 aliphatic carbocycles. The van der Waals surface area contributed by atoms with Gasteiger partial charge in [-0.25, -0.2) is 19.4 Å². The van der Waals surface area contributed by atoms with Gasteiger partial charge in [-0.3, -0.25) is 3.97 Å². The summed E-state index contributed by atoms with van der Waals surface area (Å²) in [5, 5.41) is -0.452. The molecule has 0 amide bonds. The molecule has 11 nitrogen and oxygen atoms in total. The van der Waals surface area contributed by atoms with E-state index in [0.29, 0.717) is 18.4 Å². The zero-order valence-electron chi connectivity index (χ0n) is 23.3. The van der Waals surface area contributed by atoms with Crippen LogP contribution in [0.2, 0.25) is 0 Å². The van der Waals surface area contributed by atoms with Crippen LogP contribution in [0.4, 0.5) is 4.79 Å². The summed E-state index contributed by atoms with van der Waals surface area (Å²) in [6.45, 7) is 4.14. The Morgan fingerprint density at radius 1 is 0.949 bits per heavy atom. The summed E-state index contributed by atoms with van der Waals surface area (Å²) in [5.41, 5.74) is 0.412. The molecule has 0 radical (unpaired) electrons. The maximum Gasteiger partial charge on any atom is 0.388 e. The highest BCUT2D eigenvalue weighted by atomic mass is 32.2. The summed E-state index contributed by atoms with van der Waals surface area (Å²) >= 11 is 0.904. The number of hydrogen-bond acceptors (Lipinski definition) is 11. The molecule has 214 valence electrons. The van der Waals surface area contributed by atoms with Crippen LogP contribution >= 0.6 is 11.9 Å². The largest absolute Gasteiger partial charge is 0.495 e. The number of rotatable bonds is 11. The summed E-state index contributed by atoms with van der Waals surface area (Å²) < 4.78 is 34.8. The lowest BCUT2D eigenvalue weighted by molar-refractivity contribution is 0.0585. The van der Waals surface area contributed by atoms with Gasteiger partial charge in [0.25, 0.3) is 0 Å². The minimum Gasteiger partial charge on any atom is -0.495 e. The molecule has 0 aliphatic heterocycles. The van der Waals surface area contributed by atoms with Crippen LogP contribution in [-0.4, -0.2) is 67.8 Å². The molecule has 0 spiro atoms. The van der Waals surface area contributed by atoms with Crippen LogP contribution in [0.15, 0.2) is 18.7 Å². The van der Waals surface area contributed by atoms with E-state index in [-0.39, 0.29) is 46.1 Å². The molecule has 1 aromatic heterocycles. The van der Waals surface area contributed by atoms with Crippen molar-refractivity contribution < 1.29 is 42.8 Å². The standard InChI is InChI=1S/C27H36N2O9S/c1-15(2)13-17(16-9-8-10-18(16)38-27(32)39-29-12-11-28-14-29)19-22(33-3)20(25(30)36-6)24(35-5)21(23(19)34-4)26(31)37-7/h11-12,14-18H,8-10,13H2,1-7H3/t16-,17+,18?/m0/s1. The summed E-state index contributed by atoms with van der Waals surface area (Å²) in [5.74, 6) is -1.46. The molecule has 1 saturated carbocycles. The Balaban J connectivity index is 2.21. The molecule has 3 atom stereocenters. The van der Waals surface area contributed by atoms with Crippen molar-refractivity contribution in [3.63, 3.8) is 0 Å². The molecule has 1 fully saturated rings. The number of esters is 2. The van der Waals surface area contributed by atoms with Crippen molar-refractivity contribution in [2.75, 3.05) is 35.5 Å². The van der Waals surface area contributed by atoms with Gasteiger partial charge >= 0.3 is 17.2 Å². The van der Waals surface area contributed by atoms with Crippen LogP contribution in [0.1, 0.15) is 71.7 Å². The topological polar surface area (TPSA) is 124 Å². The van der Waals surface area contributed by atoms with E-state index in [0.717, 1.165) is 24.8 Å². The first-order chi connectivity index (χ1) is 18.7. The average Bonchev–Trinajstić information content (AvgIpc) is 3.61. The number of imidazole rings is 1. The molecular weight excluding hydrogens is 528 g/mol. The number of nitrogens with zero attached hydrogens (tertiary/aromatic N) is 2. The lowest BCUT2D eigenvalue weighted by atomic mass is 9.76. The van der Waals surface area contributed by atoms with Crippen molar-refractivity contribution in [3.8, 4) is 17.2 Å². The third-order valence-corrected chi connectivity index (χ3v) is 7.49. The van der Waals surface area contributed by atoms with Gasteiger partial charge in [0, 0.05) is 23.9 Å². The molecule has 1 unspecified atom stereocenters. The molecule has 12 heteroatoms. The van der Waals surface area contributed by atoms with Gasteiger partial charge in [0.15, 0.2) is 5.75 Å². The van der Waals surface area contributed by atoms with Crippen LogP contribution < -0.4 is 14.2 Å². The van der Waals surface area contributed by atoms with Crippen molar-refractivity contribution in [1.82, 2.24) is 8.96 Å². The molecule has 1 heterocycles. The summed E-state index contributed by atoms with van der Waals surface area (Å²) in [6.07, 6.45) is 7.25. The second-order valence-corrected chi connectivity index (χ2v) is 10.4. The van der Waals surface area contributed by atoms with Gasteiger partial charge in [-0.1, -0.05) is 13.8 Å². The molecule has 3 rings (SSSR count). The minimum atomic E-state index is -0.743. The lowest BCUT2D eigenvalue weighted by Crippen LogP contribution is -2.28. The van der Waals surface area contributed by atoms with Crippen LogP contribution in [0.5, 0.6) is 17.2 Å².